The van der Waals surface area contributed by atoms with Crippen LogP contribution in [0.1, 0.15) is 68.8 Å². The molecule has 0 aliphatic carbocycles. The number of amides is 2. The second-order valence-electron chi connectivity index (χ2n) is 17.7. The van der Waals surface area contributed by atoms with Crippen LogP contribution in [0.15, 0.2) is 35.8 Å². The highest BCUT2D eigenvalue weighted by molar-refractivity contribution is 7.10. The zero-order valence-corrected chi connectivity index (χ0v) is 36.7. The number of methoxy groups -OCH3 is 1. The monoisotopic (exact) mass is 880 g/mol. The fourth-order valence-electron chi connectivity index (χ4n) is 8.90. The zero-order chi connectivity index (χ0) is 43.9. The number of thiazole rings is 1. The lowest BCUT2D eigenvalue weighted by molar-refractivity contribution is -0.155. The van der Waals surface area contributed by atoms with Gasteiger partial charge in [0.2, 0.25) is 5.91 Å². The first-order valence-corrected chi connectivity index (χ1v) is 22.2. The summed E-state index contributed by atoms with van der Waals surface area (Å²) in [6.07, 6.45) is -1.51. The molecule has 0 spiro atoms. The fraction of sp³-hybridized carbons (Fsp3) is 0.568. The van der Waals surface area contributed by atoms with E-state index < -0.39 is 54.3 Å². The Labute approximate surface area is 363 Å². The first-order valence-electron chi connectivity index (χ1n) is 21.4. The molecular weight excluding hydrogens is 826 g/mol. The maximum absolute atomic E-state index is 14.9. The van der Waals surface area contributed by atoms with Crippen molar-refractivity contribution < 1.29 is 41.8 Å². The van der Waals surface area contributed by atoms with E-state index in [1.807, 2.05) is 38.3 Å². The van der Waals surface area contributed by atoms with Gasteiger partial charge in [0, 0.05) is 85.7 Å². The molecule has 334 valence electrons. The largest absolute Gasteiger partial charge is 0.464 e. The van der Waals surface area contributed by atoms with Crippen molar-refractivity contribution in [2.45, 2.75) is 96.3 Å². The van der Waals surface area contributed by atoms with Crippen molar-refractivity contribution in [3.63, 3.8) is 0 Å². The third-order valence-corrected chi connectivity index (χ3v) is 13.2. The number of pyridine rings is 1. The number of alkyl halides is 3. The third kappa shape index (κ3) is 9.49. The molecule has 1 aromatic carbocycles. The number of esters is 1. The quantitative estimate of drug-likeness (QED) is 0.222. The minimum atomic E-state index is -4.58. The number of ether oxygens (including phenoxy) is 3. The van der Waals surface area contributed by atoms with Crippen LogP contribution >= 0.6 is 11.3 Å². The van der Waals surface area contributed by atoms with E-state index in [0.29, 0.717) is 82.1 Å². The number of likely N-dealkylation sites (N-methyl/N-ethyl adjacent to an activating group) is 1. The summed E-state index contributed by atoms with van der Waals surface area (Å²) in [6, 6.07) is 5.45. The molecule has 6 bridgehead atoms. The highest BCUT2D eigenvalue weighted by Gasteiger charge is 2.38. The molecule has 4 aliphatic rings. The van der Waals surface area contributed by atoms with E-state index in [1.54, 1.807) is 25.4 Å². The van der Waals surface area contributed by atoms with Crippen LogP contribution in [0.3, 0.4) is 0 Å². The number of carbonyl (C=O) groups excluding carboxylic acids is 3. The van der Waals surface area contributed by atoms with E-state index in [0.717, 1.165) is 38.3 Å². The first kappa shape index (κ1) is 44.0. The summed E-state index contributed by atoms with van der Waals surface area (Å²) < 4.78 is 63.4. The molecule has 4 aliphatic heterocycles. The minimum Gasteiger partial charge on any atom is -0.464 e. The summed E-state index contributed by atoms with van der Waals surface area (Å²) in [5.41, 5.74) is 6.77. The number of piperazine rings is 1. The van der Waals surface area contributed by atoms with E-state index in [2.05, 4.69) is 27.6 Å². The maximum atomic E-state index is 14.9. The molecule has 4 aromatic rings. The Balaban J connectivity index is 1.29. The lowest BCUT2D eigenvalue weighted by atomic mass is 9.84. The predicted octanol–water partition coefficient (Wildman–Crippen LogP) is 5.68. The average Bonchev–Trinajstić information content (AvgIpc) is 4.02. The van der Waals surface area contributed by atoms with Gasteiger partial charge >= 0.3 is 12.1 Å². The Kier molecular flexibility index (Phi) is 12.7. The second kappa shape index (κ2) is 17.9. The Bertz CT molecular complexity index is 2300. The van der Waals surface area contributed by atoms with Crippen LogP contribution in [0.4, 0.5) is 18.9 Å². The topological polar surface area (TPSA) is 143 Å². The standard InChI is InChI=1S/C44H55F3N8O6S/c1-26(59-5)38-30(19-28(22-48-38)53-15-13-52(4)14-16-53)39-31-21-43(2,3)25-61-42(58)32-8-6-12-55(51-32)41(57)33(50-40(56)36-9-7-17-60-36)20-37-49-34(23-62-37)27-10-11-35(29(31)18-27)54(39)24-44(45,46)47/h10-11,18-19,22-23,26,32-33,36,51H,6-9,12-17,20-21,24-25H2,1-5H3,(H,50,56)/t26-,32-,33-,36+/m0/s1. The Morgan fingerprint density at radius 3 is 2.63 bits per heavy atom. The van der Waals surface area contributed by atoms with Gasteiger partial charge in [-0.2, -0.15) is 13.2 Å². The summed E-state index contributed by atoms with van der Waals surface area (Å²) in [5, 5.41) is 7.31. The molecule has 3 fully saturated rings. The molecule has 3 aromatic heterocycles. The molecule has 2 amide bonds. The van der Waals surface area contributed by atoms with Crippen LogP contribution in [-0.4, -0.2) is 127 Å². The number of fused-ring (bicyclic) bond motifs is 6. The Morgan fingerprint density at radius 1 is 1.11 bits per heavy atom. The summed E-state index contributed by atoms with van der Waals surface area (Å²) in [6.45, 7) is 8.27. The number of nitrogens with zero attached hydrogens (tertiary/aromatic N) is 6. The van der Waals surface area contributed by atoms with Gasteiger partial charge in [0.15, 0.2) is 0 Å². The number of cyclic esters (lactones) is 1. The zero-order valence-electron chi connectivity index (χ0n) is 35.8. The molecule has 0 radical (unpaired) electrons. The smallest absolute Gasteiger partial charge is 0.406 e. The van der Waals surface area contributed by atoms with Crippen LogP contribution in [0.25, 0.3) is 33.4 Å². The molecule has 18 heteroatoms. The number of benzene rings is 1. The molecule has 3 saturated heterocycles. The third-order valence-electron chi connectivity index (χ3n) is 12.3. The average molecular weight is 881 g/mol. The molecule has 0 unspecified atom stereocenters. The maximum Gasteiger partial charge on any atom is 0.406 e. The van der Waals surface area contributed by atoms with Crippen molar-refractivity contribution in [2.24, 2.45) is 5.41 Å². The summed E-state index contributed by atoms with van der Waals surface area (Å²) in [4.78, 5) is 55.6. The molecule has 62 heavy (non-hydrogen) atoms. The number of carbonyl (C=O) groups is 3. The van der Waals surface area contributed by atoms with Gasteiger partial charge < -0.3 is 33.9 Å². The first-order chi connectivity index (χ1) is 29.6. The molecule has 14 nitrogen and oxygen atoms in total. The summed E-state index contributed by atoms with van der Waals surface area (Å²) >= 11 is 1.32. The van der Waals surface area contributed by atoms with E-state index in [1.165, 1.54) is 20.9 Å². The Hall–Kier alpha value is -4.62. The Morgan fingerprint density at radius 2 is 1.90 bits per heavy atom. The summed E-state index contributed by atoms with van der Waals surface area (Å²) in [7, 11) is 3.62. The SMILES string of the molecule is CO[C@@H](C)c1ncc(N2CCN(C)CC2)cc1-c1c2c3cc(ccc3n1CC(F)(F)F)-c1csc(n1)C[C@H](NC(=O)[C@H]1CCCO1)C(=O)N1CCC[C@H](N1)C(=O)OCC(C)(C)C2. The van der Waals surface area contributed by atoms with Gasteiger partial charge in [-0.3, -0.25) is 24.4 Å². The van der Waals surface area contributed by atoms with Crippen molar-refractivity contribution in [3.8, 4) is 22.5 Å². The lowest BCUT2D eigenvalue weighted by Crippen LogP contribution is -2.61. The van der Waals surface area contributed by atoms with E-state index in [-0.39, 0.29) is 25.4 Å². The van der Waals surface area contributed by atoms with Gasteiger partial charge in [0.1, 0.15) is 24.7 Å². The number of halogens is 3. The van der Waals surface area contributed by atoms with Gasteiger partial charge in [-0.15, -0.1) is 11.3 Å². The van der Waals surface area contributed by atoms with Gasteiger partial charge in [-0.25, -0.2) is 10.4 Å². The van der Waals surface area contributed by atoms with E-state index in [4.69, 9.17) is 24.2 Å². The lowest BCUT2D eigenvalue weighted by Gasteiger charge is -2.35. The van der Waals surface area contributed by atoms with Crippen molar-refractivity contribution in [3.05, 3.63) is 52.1 Å². The normalized spacial score (nSPS) is 23.3. The molecular formula is C44H55F3N8O6S. The highest BCUT2D eigenvalue weighted by atomic mass is 32.1. The number of anilines is 1. The second-order valence-corrected chi connectivity index (χ2v) is 18.7. The number of aromatic nitrogens is 3. The van der Waals surface area contributed by atoms with Gasteiger partial charge in [0.25, 0.3) is 5.91 Å². The minimum absolute atomic E-state index is 0.0561. The predicted molar refractivity (Wildman–Crippen MR) is 228 cm³/mol. The fourth-order valence-corrected chi connectivity index (χ4v) is 9.75. The molecule has 0 saturated carbocycles. The van der Waals surface area contributed by atoms with Crippen LogP contribution < -0.4 is 15.6 Å². The van der Waals surface area contributed by atoms with Crippen LogP contribution in [0.2, 0.25) is 0 Å². The molecule has 2 N–H and O–H groups in total. The van der Waals surface area contributed by atoms with Crippen molar-refractivity contribution in [1.29, 1.82) is 0 Å². The van der Waals surface area contributed by atoms with E-state index in [9.17, 15) is 27.6 Å². The van der Waals surface area contributed by atoms with Crippen molar-refractivity contribution in [1.82, 2.24) is 35.2 Å². The molecule has 4 atom stereocenters. The van der Waals surface area contributed by atoms with Gasteiger partial charge in [0.05, 0.1) is 46.7 Å². The molecule has 8 rings (SSSR count). The number of rotatable bonds is 7. The van der Waals surface area contributed by atoms with Crippen molar-refractivity contribution in [2.75, 3.05) is 65.0 Å². The summed E-state index contributed by atoms with van der Waals surface area (Å²) in [5.74, 6) is -1.35. The van der Waals surface area contributed by atoms with Crippen LogP contribution in [-0.2, 0) is 48.0 Å². The van der Waals surface area contributed by atoms with Gasteiger partial charge in [-0.05, 0) is 69.8 Å². The van der Waals surface area contributed by atoms with Crippen LogP contribution in [0.5, 0.6) is 0 Å². The molecule has 7 heterocycles. The number of hydrogen-bond acceptors (Lipinski definition) is 12. The highest BCUT2D eigenvalue weighted by Crippen LogP contribution is 2.44. The van der Waals surface area contributed by atoms with Gasteiger partial charge in [-0.1, -0.05) is 19.9 Å². The van der Waals surface area contributed by atoms with Crippen LogP contribution in [0, 0.1) is 5.41 Å². The number of nitrogens with one attached hydrogen (secondary N) is 2. The number of hydrogen-bond donors (Lipinski definition) is 2. The van der Waals surface area contributed by atoms with Crippen molar-refractivity contribution >= 4 is 45.7 Å². The number of hydrazine groups is 1. The van der Waals surface area contributed by atoms with E-state index >= 15 is 0 Å².